The fourth-order valence-corrected chi connectivity index (χ4v) is 5.06. The Bertz CT molecular complexity index is 1010. The maximum absolute atomic E-state index is 13.1. The second-order valence-electron chi connectivity index (χ2n) is 7.16. The van der Waals surface area contributed by atoms with E-state index in [1.807, 2.05) is 6.92 Å². The third-order valence-electron chi connectivity index (χ3n) is 5.19. The normalized spacial score (nSPS) is 17.1. The third-order valence-corrected chi connectivity index (χ3v) is 7.07. The number of nitrogens with one attached hydrogen (secondary N) is 1. The average Bonchev–Trinajstić information content (AvgIpc) is 2.80. The first-order chi connectivity index (χ1) is 14.9. The van der Waals surface area contributed by atoms with E-state index < -0.39 is 15.9 Å². The molecule has 0 radical (unpaired) electrons. The van der Waals surface area contributed by atoms with Crippen LogP contribution in [-0.2, 0) is 14.8 Å². The Balaban J connectivity index is 1.71. The van der Waals surface area contributed by atoms with E-state index in [1.54, 1.807) is 37.4 Å². The molecule has 1 saturated heterocycles. The zero-order valence-corrected chi connectivity index (χ0v) is 18.8. The highest BCUT2D eigenvalue weighted by molar-refractivity contribution is 7.89. The van der Waals surface area contributed by atoms with Gasteiger partial charge in [0.05, 0.1) is 37.3 Å². The summed E-state index contributed by atoms with van der Waals surface area (Å²) in [6, 6.07) is 11.5. The largest absolute Gasteiger partial charge is 0.497 e. The summed E-state index contributed by atoms with van der Waals surface area (Å²) in [4.78, 5) is 13.1. The predicted molar refractivity (Wildman–Crippen MR) is 117 cm³/mol. The van der Waals surface area contributed by atoms with Crippen molar-refractivity contribution in [3.05, 3.63) is 42.5 Å². The molecule has 0 bridgehead atoms. The van der Waals surface area contributed by atoms with Crippen LogP contribution in [0.2, 0.25) is 0 Å². The molecule has 1 amide bonds. The molecule has 31 heavy (non-hydrogen) atoms. The van der Waals surface area contributed by atoms with Crippen molar-refractivity contribution < 1.29 is 27.4 Å². The highest BCUT2D eigenvalue weighted by Crippen LogP contribution is 2.31. The molecular weight excluding hydrogens is 420 g/mol. The van der Waals surface area contributed by atoms with Gasteiger partial charge in [0, 0.05) is 19.2 Å². The Hall–Kier alpha value is -2.78. The number of anilines is 1. The summed E-state index contributed by atoms with van der Waals surface area (Å²) in [6.45, 7) is 2.88. The van der Waals surface area contributed by atoms with Gasteiger partial charge in [-0.1, -0.05) is 0 Å². The number of sulfonamides is 1. The summed E-state index contributed by atoms with van der Waals surface area (Å²) < 4.78 is 43.4. The van der Waals surface area contributed by atoms with Crippen LogP contribution in [0, 0.1) is 5.92 Å². The number of methoxy groups -OCH3 is 2. The van der Waals surface area contributed by atoms with E-state index in [0.717, 1.165) is 0 Å². The molecule has 168 valence electrons. The standard InChI is InChI=1S/C22H28N2O6S/c1-4-30-17-7-10-19(11-8-17)31(26,27)24-13-5-6-16(15-24)22(25)23-20-12-9-18(28-2)14-21(20)29-3/h7-12,14,16H,4-6,13,15H2,1-3H3,(H,23,25)/t16-/m0/s1. The van der Waals surface area contributed by atoms with E-state index in [0.29, 0.717) is 48.9 Å². The van der Waals surface area contributed by atoms with Crippen LogP contribution in [0.15, 0.2) is 47.4 Å². The summed E-state index contributed by atoms with van der Waals surface area (Å²) in [5.74, 6) is 1.00. The van der Waals surface area contributed by atoms with Gasteiger partial charge in [0.2, 0.25) is 15.9 Å². The van der Waals surface area contributed by atoms with Crippen LogP contribution in [0.5, 0.6) is 17.2 Å². The molecule has 0 spiro atoms. The maximum atomic E-state index is 13.1. The monoisotopic (exact) mass is 448 g/mol. The Morgan fingerprint density at radius 1 is 1.10 bits per heavy atom. The number of carbonyl (C=O) groups is 1. The number of amides is 1. The number of nitrogens with zero attached hydrogens (tertiary/aromatic N) is 1. The van der Waals surface area contributed by atoms with Crippen LogP contribution < -0.4 is 19.5 Å². The lowest BCUT2D eigenvalue weighted by Gasteiger charge is -2.31. The number of ether oxygens (including phenoxy) is 3. The smallest absolute Gasteiger partial charge is 0.243 e. The molecule has 2 aromatic rings. The molecule has 2 aromatic carbocycles. The molecule has 1 aliphatic rings. The fourth-order valence-electron chi connectivity index (χ4n) is 3.53. The zero-order chi connectivity index (χ0) is 22.4. The summed E-state index contributed by atoms with van der Waals surface area (Å²) in [5.41, 5.74) is 0.514. The van der Waals surface area contributed by atoms with Crippen LogP contribution in [0.1, 0.15) is 19.8 Å². The van der Waals surface area contributed by atoms with Gasteiger partial charge in [-0.2, -0.15) is 4.31 Å². The Kier molecular flexibility index (Phi) is 7.40. The molecule has 1 aliphatic heterocycles. The molecule has 0 aliphatic carbocycles. The maximum Gasteiger partial charge on any atom is 0.243 e. The van der Waals surface area contributed by atoms with Gasteiger partial charge in [-0.25, -0.2) is 8.42 Å². The van der Waals surface area contributed by atoms with Crippen molar-refractivity contribution in [1.82, 2.24) is 4.31 Å². The fraction of sp³-hybridized carbons (Fsp3) is 0.409. The second-order valence-corrected chi connectivity index (χ2v) is 9.10. The highest BCUT2D eigenvalue weighted by Gasteiger charge is 2.33. The molecule has 0 unspecified atom stereocenters. The van der Waals surface area contributed by atoms with Gasteiger partial charge >= 0.3 is 0 Å². The van der Waals surface area contributed by atoms with Gasteiger partial charge in [0.15, 0.2) is 0 Å². The van der Waals surface area contributed by atoms with E-state index >= 15 is 0 Å². The number of rotatable bonds is 8. The van der Waals surface area contributed by atoms with Crippen molar-refractivity contribution in [2.45, 2.75) is 24.7 Å². The minimum absolute atomic E-state index is 0.125. The van der Waals surface area contributed by atoms with Gasteiger partial charge < -0.3 is 19.5 Å². The lowest BCUT2D eigenvalue weighted by molar-refractivity contribution is -0.120. The minimum Gasteiger partial charge on any atom is -0.497 e. The summed E-state index contributed by atoms with van der Waals surface area (Å²) >= 11 is 0. The number of piperidine rings is 1. The molecule has 9 heteroatoms. The van der Waals surface area contributed by atoms with Crippen molar-refractivity contribution in [3.63, 3.8) is 0 Å². The van der Waals surface area contributed by atoms with E-state index in [-0.39, 0.29) is 17.3 Å². The molecule has 1 fully saturated rings. The molecule has 3 rings (SSSR count). The Labute approximate surface area is 183 Å². The molecule has 8 nitrogen and oxygen atoms in total. The first-order valence-corrected chi connectivity index (χ1v) is 11.6. The molecular formula is C22H28N2O6S. The summed E-state index contributed by atoms with van der Waals surface area (Å²) in [6.07, 6.45) is 1.22. The Morgan fingerprint density at radius 2 is 1.81 bits per heavy atom. The van der Waals surface area contributed by atoms with Crippen molar-refractivity contribution in [1.29, 1.82) is 0 Å². The second kappa shape index (κ2) is 10.0. The van der Waals surface area contributed by atoms with Crippen molar-refractivity contribution in [2.75, 3.05) is 39.2 Å². The van der Waals surface area contributed by atoms with E-state index in [9.17, 15) is 13.2 Å². The van der Waals surface area contributed by atoms with Gasteiger partial charge in [-0.05, 0) is 56.2 Å². The lowest BCUT2D eigenvalue weighted by Crippen LogP contribution is -2.43. The van der Waals surface area contributed by atoms with Crippen LogP contribution >= 0.6 is 0 Å². The van der Waals surface area contributed by atoms with Crippen LogP contribution in [0.3, 0.4) is 0 Å². The van der Waals surface area contributed by atoms with E-state index in [2.05, 4.69) is 5.32 Å². The molecule has 0 saturated carbocycles. The number of carbonyl (C=O) groups excluding carboxylic acids is 1. The van der Waals surface area contributed by atoms with Gasteiger partial charge in [0.25, 0.3) is 0 Å². The van der Waals surface area contributed by atoms with Crippen LogP contribution in [0.4, 0.5) is 5.69 Å². The third kappa shape index (κ3) is 5.29. The lowest BCUT2D eigenvalue weighted by atomic mass is 9.98. The predicted octanol–water partition coefficient (Wildman–Crippen LogP) is 3.14. The van der Waals surface area contributed by atoms with E-state index in [1.165, 1.54) is 23.5 Å². The number of hydrogen-bond donors (Lipinski definition) is 1. The van der Waals surface area contributed by atoms with Crippen LogP contribution in [-0.4, -0.2) is 52.5 Å². The number of hydrogen-bond acceptors (Lipinski definition) is 6. The van der Waals surface area contributed by atoms with Crippen molar-refractivity contribution >= 4 is 21.6 Å². The molecule has 1 heterocycles. The van der Waals surface area contributed by atoms with Gasteiger partial charge in [-0.15, -0.1) is 0 Å². The van der Waals surface area contributed by atoms with Gasteiger partial charge in [-0.3, -0.25) is 4.79 Å². The first kappa shape index (κ1) is 22.9. The average molecular weight is 449 g/mol. The first-order valence-electron chi connectivity index (χ1n) is 10.1. The summed E-state index contributed by atoms with van der Waals surface area (Å²) in [5, 5.41) is 2.86. The van der Waals surface area contributed by atoms with E-state index in [4.69, 9.17) is 14.2 Å². The molecule has 1 atom stereocenters. The molecule has 1 N–H and O–H groups in total. The SMILES string of the molecule is CCOc1ccc(S(=O)(=O)N2CCC[C@H](C(=O)Nc3ccc(OC)cc3OC)C2)cc1. The quantitative estimate of drug-likeness (QED) is 0.667. The Morgan fingerprint density at radius 3 is 2.45 bits per heavy atom. The topological polar surface area (TPSA) is 94.2 Å². The van der Waals surface area contributed by atoms with Crippen LogP contribution in [0.25, 0.3) is 0 Å². The zero-order valence-electron chi connectivity index (χ0n) is 18.0. The molecule has 0 aromatic heterocycles. The van der Waals surface area contributed by atoms with Crippen molar-refractivity contribution in [3.8, 4) is 17.2 Å². The highest BCUT2D eigenvalue weighted by atomic mass is 32.2. The number of benzene rings is 2. The van der Waals surface area contributed by atoms with Gasteiger partial charge in [0.1, 0.15) is 17.2 Å². The summed E-state index contributed by atoms with van der Waals surface area (Å²) in [7, 11) is -0.638. The minimum atomic E-state index is -3.70. The van der Waals surface area contributed by atoms with Crippen molar-refractivity contribution in [2.24, 2.45) is 5.92 Å².